The van der Waals surface area contributed by atoms with E-state index in [9.17, 15) is 17.6 Å². The highest BCUT2D eigenvalue weighted by atomic mass is 32.2. The normalized spacial score (nSPS) is 12.6. The monoisotopic (exact) mass is 402 g/mol. The molecular weight excluding hydrogens is 383 g/mol. The molecule has 1 heterocycles. The Kier molecular flexibility index (Phi) is 5.33. The molecule has 1 atom stereocenters. The van der Waals surface area contributed by atoms with E-state index in [1.54, 1.807) is 13.0 Å². The Hall–Kier alpha value is -3.00. The number of hydrogen-bond acceptors (Lipinski definition) is 5. The van der Waals surface area contributed by atoms with Crippen molar-refractivity contribution in [3.63, 3.8) is 0 Å². The quantitative estimate of drug-likeness (QED) is 0.708. The third-order valence-corrected chi connectivity index (χ3v) is 5.46. The standard InChI is InChI=1S/C20H19FN2O4S/c1-12(13-8-9-18(16(21)10-13)28(3,25)26)22-19(24)17-11-14-6-4-5-7-15(14)20(23-17)27-2/h4-12H,1-3H3,(H,22,24)/t12-/m0/s1. The van der Waals surface area contributed by atoms with Crippen molar-refractivity contribution in [2.75, 3.05) is 13.4 Å². The molecule has 1 aromatic heterocycles. The summed E-state index contributed by atoms with van der Waals surface area (Å²) in [5.41, 5.74) is 0.599. The van der Waals surface area contributed by atoms with Crippen LogP contribution in [0.5, 0.6) is 5.88 Å². The number of ether oxygens (including phenoxy) is 1. The van der Waals surface area contributed by atoms with Gasteiger partial charge in [-0.2, -0.15) is 0 Å². The second-order valence-electron chi connectivity index (χ2n) is 6.40. The van der Waals surface area contributed by atoms with Gasteiger partial charge in [-0.1, -0.05) is 24.3 Å². The lowest BCUT2D eigenvalue weighted by Crippen LogP contribution is -2.27. The molecule has 2 aromatic carbocycles. The molecule has 0 aliphatic rings. The summed E-state index contributed by atoms with van der Waals surface area (Å²) in [6.07, 6.45) is 0.940. The number of sulfone groups is 1. The van der Waals surface area contributed by atoms with Crippen LogP contribution in [-0.2, 0) is 9.84 Å². The minimum absolute atomic E-state index is 0.163. The zero-order valence-corrected chi connectivity index (χ0v) is 16.4. The van der Waals surface area contributed by atoms with Crippen molar-refractivity contribution < 1.29 is 22.3 Å². The number of rotatable bonds is 5. The molecule has 1 N–H and O–H groups in total. The van der Waals surface area contributed by atoms with Crippen molar-refractivity contribution in [1.29, 1.82) is 0 Å². The number of halogens is 1. The fourth-order valence-electron chi connectivity index (χ4n) is 2.88. The van der Waals surface area contributed by atoms with Gasteiger partial charge in [0.25, 0.3) is 5.91 Å². The molecular formula is C20H19FN2O4S. The largest absolute Gasteiger partial charge is 0.481 e. The summed E-state index contributed by atoms with van der Waals surface area (Å²) in [6.45, 7) is 1.67. The Bertz CT molecular complexity index is 1160. The van der Waals surface area contributed by atoms with Gasteiger partial charge in [0.2, 0.25) is 5.88 Å². The summed E-state index contributed by atoms with van der Waals surface area (Å²) < 4.78 is 42.5. The number of methoxy groups -OCH3 is 1. The summed E-state index contributed by atoms with van der Waals surface area (Å²) in [4.78, 5) is 16.5. The molecule has 3 rings (SSSR count). The van der Waals surface area contributed by atoms with Crippen LogP contribution < -0.4 is 10.1 Å². The maximum atomic E-state index is 14.1. The summed E-state index contributed by atoms with van der Waals surface area (Å²) in [6, 6.07) is 12.2. The third kappa shape index (κ3) is 3.96. The number of pyridine rings is 1. The molecule has 0 radical (unpaired) electrons. The smallest absolute Gasteiger partial charge is 0.270 e. The summed E-state index contributed by atoms with van der Waals surface area (Å²) >= 11 is 0. The highest BCUT2D eigenvalue weighted by Crippen LogP contribution is 2.25. The minimum atomic E-state index is -3.66. The van der Waals surface area contributed by atoms with Crippen molar-refractivity contribution in [1.82, 2.24) is 10.3 Å². The fraction of sp³-hybridized carbons (Fsp3) is 0.200. The molecule has 8 heteroatoms. The zero-order chi connectivity index (χ0) is 20.5. The number of nitrogens with zero attached hydrogens (tertiary/aromatic N) is 1. The highest BCUT2D eigenvalue weighted by Gasteiger charge is 2.19. The number of hydrogen-bond donors (Lipinski definition) is 1. The molecule has 0 spiro atoms. The van der Waals surface area contributed by atoms with Crippen LogP contribution in [0.2, 0.25) is 0 Å². The van der Waals surface area contributed by atoms with E-state index in [-0.39, 0.29) is 10.6 Å². The fourth-order valence-corrected chi connectivity index (χ4v) is 3.61. The van der Waals surface area contributed by atoms with Gasteiger partial charge in [-0.15, -0.1) is 0 Å². The average molecular weight is 402 g/mol. The average Bonchev–Trinajstić information content (AvgIpc) is 2.65. The van der Waals surface area contributed by atoms with Crippen LogP contribution in [0.3, 0.4) is 0 Å². The number of nitrogens with one attached hydrogen (secondary N) is 1. The van der Waals surface area contributed by atoms with E-state index < -0.39 is 27.6 Å². The van der Waals surface area contributed by atoms with Gasteiger partial charge in [0.1, 0.15) is 16.4 Å². The van der Waals surface area contributed by atoms with Crippen LogP contribution in [0, 0.1) is 5.82 Å². The number of amides is 1. The van der Waals surface area contributed by atoms with Gasteiger partial charge < -0.3 is 10.1 Å². The van der Waals surface area contributed by atoms with E-state index >= 15 is 0 Å². The molecule has 0 unspecified atom stereocenters. The predicted molar refractivity (Wildman–Crippen MR) is 104 cm³/mol. The molecule has 146 valence electrons. The first kappa shape index (κ1) is 19.8. The number of fused-ring (bicyclic) bond motifs is 1. The Morgan fingerprint density at radius 2 is 1.89 bits per heavy atom. The first-order chi connectivity index (χ1) is 13.2. The molecule has 0 aliphatic carbocycles. The topological polar surface area (TPSA) is 85.4 Å². The third-order valence-electron chi connectivity index (χ3n) is 4.33. The van der Waals surface area contributed by atoms with Crippen LogP contribution in [-0.4, -0.2) is 32.7 Å². The van der Waals surface area contributed by atoms with Gasteiger partial charge in [-0.3, -0.25) is 4.79 Å². The van der Waals surface area contributed by atoms with Gasteiger partial charge in [0.05, 0.1) is 13.2 Å². The van der Waals surface area contributed by atoms with E-state index in [2.05, 4.69) is 10.3 Å². The Labute approximate surface area is 162 Å². The number of carbonyl (C=O) groups excluding carboxylic acids is 1. The number of carbonyl (C=O) groups is 1. The maximum absolute atomic E-state index is 14.1. The summed E-state index contributed by atoms with van der Waals surface area (Å²) in [7, 11) is -2.18. The number of aromatic nitrogens is 1. The molecule has 28 heavy (non-hydrogen) atoms. The first-order valence-corrected chi connectivity index (χ1v) is 10.3. The lowest BCUT2D eigenvalue weighted by Gasteiger charge is -2.16. The zero-order valence-electron chi connectivity index (χ0n) is 15.6. The van der Waals surface area contributed by atoms with Crippen LogP contribution >= 0.6 is 0 Å². The van der Waals surface area contributed by atoms with E-state index in [0.29, 0.717) is 11.4 Å². The van der Waals surface area contributed by atoms with Crippen molar-refractivity contribution in [2.45, 2.75) is 17.9 Å². The van der Waals surface area contributed by atoms with Gasteiger partial charge in [-0.05, 0) is 42.1 Å². The summed E-state index contributed by atoms with van der Waals surface area (Å²) in [5.74, 6) is -0.977. The lowest BCUT2D eigenvalue weighted by atomic mass is 10.1. The van der Waals surface area contributed by atoms with Gasteiger partial charge in [-0.25, -0.2) is 17.8 Å². The molecule has 0 saturated carbocycles. The van der Waals surface area contributed by atoms with Crippen LogP contribution in [0.15, 0.2) is 53.4 Å². The van der Waals surface area contributed by atoms with Gasteiger partial charge in [0, 0.05) is 11.6 Å². The Morgan fingerprint density at radius 3 is 2.54 bits per heavy atom. The van der Waals surface area contributed by atoms with Crippen molar-refractivity contribution in [3.05, 3.63) is 65.6 Å². The molecule has 0 saturated heterocycles. The predicted octanol–water partition coefficient (Wildman–Crippen LogP) is 3.28. The molecule has 1 amide bonds. The SMILES string of the molecule is COc1nc(C(=O)N[C@@H](C)c2ccc(S(C)(=O)=O)c(F)c2)cc2ccccc12. The Morgan fingerprint density at radius 1 is 1.18 bits per heavy atom. The van der Waals surface area contributed by atoms with E-state index in [0.717, 1.165) is 23.1 Å². The van der Waals surface area contributed by atoms with Crippen molar-refractivity contribution >= 4 is 26.5 Å². The lowest BCUT2D eigenvalue weighted by molar-refractivity contribution is 0.0934. The van der Waals surface area contributed by atoms with Crippen LogP contribution in [0.1, 0.15) is 29.0 Å². The van der Waals surface area contributed by atoms with Gasteiger partial charge in [0.15, 0.2) is 9.84 Å². The van der Waals surface area contributed by atoms with Crippen LogP contribution in [0.4, 0.5) is 4.39 Å². The number of benzene rings is 2. The molecule has 0 fully saturated rings. The minimum Gasteiger partial charge on any atom is -0.481 e. The molecule has 0 bridgehead atoms. The van der Waals surface area contributed by atoms with E-state index in [4.69, 9.17) is 4.74 Å². The van der Waals surface area contributed by atoms with Crippen molar-refractivity contribution in [2.24, 2.45) is 0 Å². The van der Waals surface area contributed by atoms with E-state index in [1.807, 2.05) is 24.3 Å². The summed E-state index contributed by atoms with van der Waals surface area (Å²) in [5, 5.41) is 4.33. The maximum Gasteiger partial charge on any atom is 0.270 e. The van der Waals surface area contributed by atoms with Crippen molar-refractivity contribution in [3.8, 4) is 5.88 Å². The van der Waals surface area contributed by atoms with E-state index in [1.165, 1.54) is 19.2 Å². The Balaban J connectivity index is 1.87. The first-order valence-electron chi connectivity index (χ1n) is 8.45. The van der Waals surface area contributed by atoms with Crippen LogP contribution in [0.25, 0.3) is 10.8 Å². The molecule has 3 aromatic rings. The second kappa shape index (κ2) is 7.55. The highest BCUT2D eigenvalue weighted by molar-refractivity contribution is 7.90. The second-order valence-corrected chi connectivity index (χ2v) is 8.38. The molecule has 0 aliphatic heterocycles. The van der Waals surface area contributed by atoms with Gasteiger partial charge >= 0.3 is 0 Å². The molecule has 6 nitrogen and oxygen atoms in total.